The van der Waals surface area contributed by atoms with Gasteiger partial charge >= 0.3 is 6.48 Å². The lowest BCUT2D eigenvalue weighted by molar-refractivity contribution is -0.157. The summed E-state index contributed by atoms with van der Waals surface area (Å²) < 4.78 is 35.8. The van der Waals surface area contributed by atoms with Crippen LogP contribution in [0, 0.1) is 0 Å². The zero-order valence-electron chi connectivity index (χ0n) is 25.3. The number of benzene rings is 5. The fraction of sp³-hybridized carbons (Fsp3) is 0.211. The Hall–Kier alpha value is -4.94. The third kappa shape index (κ3) is 3.64. The molecule has 0 saturated carbocycles. The third-order valence-electron chi connectivity index (χ3n) is 9.28. The first-order valence-corrected chi connectivity index (χ1v) is 14.7. The summed E-state index contributed by atoms with van der Waals surface area (Å²) in [5.74, 6) is 3.62. The molecule has 0 N–H and O–H groups in total. The lowest BCUT2D eigenvalue weighted by Crippen LogP contribution is -2.35. The second-order valence-electron chi connectivity index (χ2n) is 11.9. The van der Waals surface area contributed by atoms with Crippen molar-refractivity contribution in [1.29, 1.82) is 0 Å². The van der Waals surface area contributed by atoms with E-state index in [0.29, 0.717) is 11.5 Å². The van der Waals surface area contributed by atoms with Gasteiger partial charge in [-0.3, -0.25) is 0 Å². The minimum absolute atomic E-state index is 0.260. The Balaban J connectivity index is 1.43. The quantitative estimate of drug-likeness (QED) is 0.208. The van der Waals surface area contributed by atoms with Gasteiger partial charge in [0.05, 0.1) is 14.2 Å². The summed E-state index contributed by atoms with van der Waals surface area (Å²) in [6, 6.07) is 28.9. The molecule has 1 aliphatic carbocycles. The molecule has 0 radical (unpaired) electrons. The summed E-state index contributed by atoms with van der Waals surface area (Å²) in [6.45, 7) is 3.79. The molecule has 0 spiro atoms. The lowest BCUT2D eigenvalue weighted by atomic mass is 9.76. The van der Waals surface area contributed by atoms with Gasteiger partial charge in [0.1, 0.15) is 17.2 Å². The Kier molecular flexibility index (Phi) is 5.78. The summed E-state index contributed by atoms with van der Waals surface area (Å²) in [7, 11) is 4.92. The summed E-state index contributed by atoms with van der Waals surface area (Å²) in [4.78, 5) is 0. The largest absolute Gasteiger partial charge is 0.497 e. The molecule has 3 aliphatic rings. The molecule has 2 heterocycles. The van der Waals surface area contributed by atoms with Crippen molar-refractivity contribution in [2.45, 2.75) is 31.3 Å². The maximum absolute atomic E-state index is 7.39. The van der Waals surface area contributed by atoms with E-state index in [0.717, 1.165) is 44.7 Å². The molecule has 2 aliphatic heterocycles. The molecule has 8 rings (SSSR count). The van der Waals surface area contributed by atoms with E-state index in [1.165, 1.54) is 22.3 Å². The van der Waals surface area contributed by atoms with Gasteiger partial charge in [0.15, 0.2) is 17.1 Å². The van der Waals surface area contributed by atoms with Crippen molar-refractivity contribution in [3.63, 3.8) is 0 Å². The number of rotatable bonds is 5. The summed E-state index contributed by atoms with van der Waals surface area (Å²) in [5, 5.41) is 1.99. The Morgan fingerprint density at radius 1 is 0.705 bits per heavy atom. The van der Waals surface area contributed by atoms with Crippen LogP contribution >= 0.6 is 0 Å². The van der Waals surface area contributed by atoms with Crippen LogP contribution in [0.3, 0.4) is 0 Å². The topological polar surface area (TPSA) is 55.4 Å². The van der Waals surface area contributed by atoms with Crippen LogP contribution in [-0.4, -0.2) is 27.8 Å². The highest BCUT2D eigenvalue weighted by Gasteiger charge is 2.44. The van der Waals surface area contributed by atoms with E-state index in [9.17, 15) is 0 Å². The van der Waals surface area contributed by atoms with E-state index >= 15 is 0 Å². The van der Waals surface area contributed by atoms with Gasteiger partial charge in [-0.2, -0.15) is 0 Å². The van der Waals surface area contributed by atoms with Crippen LogP contribution in [0.2, 0.25) is 0 Å². The van der Waals surface area contributed by atoms with Gasteiger partial charge in [-0.25, -0.2) is 0 Å². The van der Waals surface area contributed by atoms with Crippen LogP contribution in [0.5, 0.6) is 28.7 Å². The average molecular weight is 585 g/mol. The van der Waals surface area contributed by atoms with E-state index in [1.807, 2.05) is 30.3 Å². The number of methoxy groups -OCH3 is 3. The Labute approximate surface area is 256 Å². The summed E-state index contributed by atoms with van der Waals surface area (Å²) in [5.41, 5.74) is 6.76. The molecule has 6 heteroatoms. The van der Waals surface area contributed by atoms with Gasteiger partial charge in [-0.15, -0.1) is 0 Å². The first-order valence-electron chi connectivity index (χ1n) is 14.7. The number of fused-ring (bicyclic) bond motifs is 9. The molecule has 6 nitrogen and oxygen atoms in total. The normalized spacial score (nSPS) is 17.9. The minimum atomic E-state index is -0.923. The molecule has 0 amide bonds. The standard InChI is InChI=1S/C38H32O6/c1-37(2)30-9-7-6-8-26(30)33-28-20-31-32(43-36(41-5)42-31)21-29(28)35-27(34(33)37)18-19-38(44-35,22-10-14-24(39-3)15-11-22)23-12-16-25(40-4)17-13-23/h6-21,36H,1-5H3. The first kappa shape index (κ1) is 26.7. The van der Waals surface area contributed by atoms with Crippen molar-refractivity contribution in [3.8, 4) is 39.9 Å². The molecule has 220 valence electrons. The van der Waals surface area contributed by atoms with Crippen molar-refractivity contribution in [2.75, 3.05) is 21.3 Å². The highest BCUT2D eigenvalue weighted by Crippen LogP contribution is 2.59. The zero-order valence-corrected chi connectivity index (χ0v) is 25.3. The molecule has 0 saturated heterocycles. The molecule has 5 aromatic carbocycles. The van der Waals surface area contributed by atoms with Crippen LogP contribution in [0.15, 0.2) is 91.0 Å². The molecule has 5 aromatic rings. The number of hydrogen-bond acceptors (Lipinski definition) is 6. The Bertz CT molecular complexity index is 1920. The van der Waals surface area contributed by atoms with Crippen LogP contribution < -0.4 is 23.7 Å². The smallest absolute Gasteiger partial charge is 0.360 e. The van der Waals surface area contributed by atoms with Crippen molar-refractivity contribution in [2.24, 2.45) is 0 Å². The Morgan fingerprint density at radius 3 is 1.89 bits per heavy atom. The van der Waals surface area contributed by atoms with Crippen molar-refractivity contribution in [3.05, 3.63) is 119 Å². The maximum atomic E-state index is 7.39. The maximum Gasteiger partial charge on any atom is 0.360 e. The van der Waals surface area contributed by atoms with Crippen molar-refractivity contribution >= 4 is 16.8 Å². The SMILES string of the molecule is COc1ccc(C2(c3ccc(OC)cc3)C=Cc3c4c(c5cc6c(cc5c3O2)OC(OC)O6)-c2ccccc2C4(C)C)cc1. The van der Waals surface area contributed by atoms with Crippen LogP contribution in [0.1, 0.15) is 41.7 Å². The van der Waals surface area contributed by atoms with Gasteiger partial charge in [-0.05, 0) is 70.1 Å². The van der Waals surface area contributed by atoms with Crippen LogP contribution in [0.25, 0.3) is 28.0 Å². The van der Waals surface area contributed by atoms with Gasteiger partial charge in [0, 0.05) is 34.6 Å². The molecule has 1 atom stereocenters. The molecule has 0 bridgehead atoms. The second-order valence-corrected chi connectivity index (χ2v) is 11.9. The lowest BCUT2D eigenvalue weighted by Gasteiger charge is -2.38. The highest BCUT2D eigenvalue weighted by molar-refractivity contribution is 6.09. The van der Waals surface area contributed by atoms with Crippen molar-refractivity contribution < 1.29 is 28.4 Å². The first-order chi connectivity index (χ1) is 21.4. The second kappa shape index (κ2) is 9.53. The minimum Gasteiger partial charge on any atom is -0.497 e. The number of ether oxygens (including phenoxy) is 6. The monoisotopic (exact) mass is 584 g/mol. The predicted molar refractivity (Wildman–Crippen MR) is 170 cm³/mol. The highest BCUT2D eigenvalue weighted by atomic mass is 16.9. The molecular weight excluding hydrogens is 552 g/mol. The Morgan fingerprint density at radius 2 is 1.30 bits per heavy atom. The van der Waals surface area contributed by atoms with Crippen molar-refractivity contribution in [1.82, 2.24) is 0 Å². The van der Waals surface area contributed by atoms with E-state index in [-0.39, 0.29) is 5.41 Å². The number of hydrogen-bond donors (Lipinski definition) is 0. The molecule has 0 aromatic heterocycles. The summed E-state index contributed by atoms with van der Waals surface area (Å²) in [6.07, 6.45) is 4.42. The third-order valence-corrected chi connectivity index (χ3v) is 9.28. The molecule has 0 fully saturated rings. The zero-order chi connectivity index (χ0) is 30.2. The van der Waals surface area contributed by atoms with E-state index in [2.05, 4.69) is 80.6 Å². The summed E-state index contributed by atoms with van der Waals surface area (Å²) >= 11 is 0. The fourth-order valence-corrected chi connectivity index (χ4v) is 7.12. The van der Waals surface area contributed by atoms with Gasteiger partial charge < -0.3 is 28.4 Å². The van der Waals surface area contributed by atoms with Gasteiger partial charge in [0.25, 0.3) is 0 Å². The van der Waals surface area contributed by atoms with E-state index in [4.69, 9.17) is 28.4 Å². The molecule has 1 unspecified atom stereocenters. The van der Waals surface area contributed by atoms with Gasteiger partial charge in [-0.1, -0.05) is 68.5 Å². The fourth-order valence-electron chi connectivity index (χ4n) is 7.12. The van der Waals surface area contributed by atoms with Crippen LogP contribution in [-0.2, 0) is 15.8 Å². The predicted octanol–water partition coefficient (Wildman–Crippen LogP) is 8.21. The van der Waals surface area contributed by atoms with E-state index in [1.54, 1.807) is 21.3 Å². The molecular formula is C38H32O6. The molecule has 44 heavy (non-hydrogen) atoms. The van der Waals surface area contributed by atoms with Gasteiger partial charge in [0.2, 0.25) is 0 Å². The van der Waals surface area contributed by atoms with Crippen LogP contribution in [0.4, 0.5) is 0 Å². The average Bonchev–Trinajstić information content (AvgIpc) is 3.59. The van der Waals surface area contributed by atoms with E-state index < -0.39 is 12.1 Å².